The number of halogens is 4. The molecule has 1 aliphatic rings. The molecule has 1 aliphatic heterocycles. The van der Waals surface area contributed by atoms with E-state index in [0.29, 0.717) is 6.61 Å². The van der Waals surface area contributed by atoms with Crippen molar-refractivity contribution in [2.75, 3.05) is 32.2 Å². The number of hydrogen-bond acceptors (Lipinski definition) is 3. The van der Waals surface area contributed by atoms with Crippen LogP contribution in [0, 0.1) is 0 Å². The Morgan fingerprint density at radius 3 is 2.78 bits per heavy atom. The fraction of sp³-hybridized carbons (Fsp3) is 0.900. The van der Waals surface area contributed by atoms with E-state index in [1.807, 2.05) is 0 Å². The monoisotopic (exact) mass is 289 g/mol. The van der Waals surface area contributed by atoms with Crippen LogP contribution in [0.2, 0.25) is 0 Å². The zero-order valence-electron chi connectivity index (χ0n) is 9.87. The minimum atomic E-state index is -4.42. The van der Waals surface area contributed by atoms with Crippen molar-refractivity contribution in [3.8, 4) is 0 Å². The normalized spacial score (nSPS) is 25.3. The molecule has 1 amide bonds. The van der Waals surface area contributed by atoms with Gasteiger partial charge in [-0.05, 0) is 6.92 Å². The second-order valence-corrected chi connectivity index (χ2v) is 4.42. The Labute approximate surface area is 108 Å². The van der Waals surface area contributed by atoms with E-state index in [-0.39, 0.29) is 24.6 Å². The first-order valence-corrected chi connectivity index (χ1v) is 5.98. The zero-order valence-corrected chi connectivity index (χ0v) is 10.6. The van der Waals surface area contributed by atoms with Gasteiger partial charge in [0.15, 0.2) is 0 Å². The van der Waals surface area contributed by atoms with Gasteiger partial charge in [0.1, 0.15) is 13.2 Å². The van der Waals surface area contributed by atoms with E-state index in [1.54, 1.807) is 6.92 Å². The van der Waals surface area contributed by atoms with Crippen molar-refractivity contribution in [2.45, 2.75) is 25.2 Å². The fourth-order valence-electron chi connectivity index (χ4n) is 1.60. The summed E-state index contributed by atoms with van der Waals surface area (Å²) < 4.78 is 45.2. The zero-order chi connectivity index (χ0) is 13.8. The van der Waals surface area contributed by atoms with Gasteiger partial charge in [-0.25, -0.2) is 0 Å². The molecule has 1 saturated heterocycles. The van der Waals surface area contributed by atoms with Gasteiger partial charge in [0, 0.05) is 6.54 Å². The molecule has 2 atom stereocenters. The van der Waals surface area contributed by atoms with Gasteiger partial charge < -0.3 is 14.4 Å². The summed E-state index contributed by atoms with van der Waals surface area (Å²) in [6, 6.07) is -0.188. The highest BCUT2D eigenvalue weighted by atomic mass is 35.5. The molecule has 0 spiro atoms. The van der Waals surface area contributed by atoms with Crippen molar-refractivity contribution >= 4 is 17.5 Å². The van der Waals surface area contributed by atoms with Crippen LogP contribution < -0.4 is 0 Å². The van der Waals surface area contributed by atoms with E-state index < -0.39 is 25.3 Å². The Kier molecular flexibility index (Phi) is 5.68. The number of morpholine rings is 1. The van der Waals surface area contributed by atoms with E-state index in [4.69, 9.17) is 16.3 Å². The molecule has 0 aromatic heterocycles. The lowest BCUT2D eigenvalue weighted by molar-refractivity contribution is -0.180. The molecular formula is C10H15ClF3NO3. The number of amides is 1. The second kappa shape index (κ2) is 6.58. The number of hydrogen-bond donors (Lipinski definition) is 0. The Morgan fingerprint density at radius 1 is 1.56 bits per heavy atom. The van der Waals surface area contributed by atoms with Crippen molar-refractivity contribution in [2.24, 2.45) is 0 Å². The summed E-state index contributed by atoms with van der Waals surface area (Å²) in [6.45, 7) is 0.350. The van der Waals surface area contributed by atoms with Gasteiger partial charge in [0.2, 0.25) is 5.91 Å². The largest absolute Gasteiger partial charge is 0.411 e. The van der Waals surface area contributed by atoms with E-state index in [1.165, 1.54) is 4.90 Å². The van der Waals surface area contributed by atoms with Crippen LogP contribution in [0.3, 0.4) is 0 Å². The van der Waals surface area contributed by atoms with Crippen LogP contribution in [0.4, 0.5) is 13.2 Å². The lowest BCUT2D eigenvalue weighted by Crippen LogP contribution is -2.52. The van der Waals surface area contributed by atoms with Gasteiger partial charge in [-0.2, -0.15) is 13.2 Å². The quantitative estimate of drug-likeness (QED) is 0.735. The smallest absolute Gasteiger partial charge is 0.373 e. The van der Waals surface area contributed by atoms with Crippen LogP contribution in [0.25, 0.3) is 0 Å². The molecule has 0 aromatic rings. The van der Waals surface area contributed by atoms with Crippen LogP contribution in [0.1, 0.15) is 6.92 Å². The van der Waals surface area contributed by atoms with Crippen molar-refractivity contribution < 1.29 is 27.4 Å². The van der Waals surface area contributed by atoms with E-state index in [2.05, 4.69) is 4.74 Å². The Bertz CT molecular complexity index is 288. The summed E-state index contributed by atoms with van der Waals surface area (Å²) in [5.41, 5.74) is 0. The van der Waals surface area contributed by atoms with Crippen molar-refractivity contribution in [1.29, 1.82) is 0 Å². The third-order valence-corrected chi connectivity index (χ3v) is 2.83. The maximum atomic E-state index is 11.9. The first-order valence-electron chi connectivity index (χ1n) is 5.45. The summed E-state index contributed by atoms with van der Waals surface area (Å²) in [6.07, 6.45) is -4.70. The third-order valence-electron chi connectivity index (χ3n) is 2.49. The van der Waals surface area contributed by atoms with Crippen LogP contribution in [0.15, 0.2) is 0 Å². The highest BCUT2D eigenvalue weighted by molar-refractivity contribution is 6.18. The number of rotatable bonds is 4. The van der Waals surface area contributed by atoms with E-state index >= 15 is 0 Å². The standard InChI is InChI=1S/C10H15ClF3NO3/c1-7-4-18-8(2-11)3-15(7)9(16)5-17-6-10(12,13)14/h7-8H,2-6H2,1H3. The molecule has 106 valence electrons. The molecule has 0 N–H and O–H groups in total. The number of ether oxygens (including phenoxy) is 2. The maximum absolute atomic E-state index is 11.9. The minimum Gasteiger partial charge on any atom is -0.373 e. The molecule has 0 saturated carbocycles. The first-order chi connectivity index (χ1) is 8.33. The molecule has 1 fully saturated rings. The average molecular weight is 290 g/mol. The average Bonchev–Trinajstić information content (AvgIpc) is 2.27. The van der Waals surface area contributed by atoms with Gasteiger partial charge >= 0.3 is 6.18 Å². The lowest BCUT2D eigenvalue weighted by atomic mass is 10.2. The number of carbonyl (C=O) groups excluding carboxylic acids is 1. The third kappa shape index (κ3) is 4.99. The molecule has 1 rings (SSSR count). The Hall–Kier alpha value is -0.530. The Balaban J connectivity index is 2.39. The highest BCUT2D eigenvalue weighted by Crippen LogP contribution is 2.16. The van der Waals surface area contributed by atoms with Gasteiger partial charge in [-0.15, -0.1) is 11.6 Å². The van der Waals surface area contributed by atoms with Gasteiger partial charge in [-0.3, -0.25) is 4.79 Å². The first kappa shape index (κ1) is 15.5. The molecule has 0 aliphatic carbocycles. The molecule has 0 aromatic carbocycles. The van der Waals surface area contributed by atoms with Crippen molar-refractivity contribution in [1.82, 2.24) is 4.90 Å². The predicted octanol–water partition coefficient (Wildman–Crippen LogP) is 1.42. The summed E-state index contributed by atoms with van der Waals surface area (Å²) in [4.78, 5) is 13.1. The molecule has 0 bridgehead atoms. The molecule has 0 radical (unpaired) electrons. The van der Waals surface area contributed by atoms with Crippen LogP contribution in [-0.2, 0) is 14.3 Å². The van der Waals surface area contributed by atoms with Crippen LogP contribution >= 0.6 is 11.6 Å². The summed E-state index contributed by atoms with van der Waals surface area (Å²) in [7, 11) is 0. The molecular weight excluding hydrogens is 275 g/mol. The molecule has 4 nitrogen and oxygen atoms in total. The summed E-state index contributed by atoms with van der Waals surface area (Å²) in [5, 5.41) is 0. The Morgan fingerprint density at radius 2 is 2.22 bits per heavy atom. The fourth-order valence-corrected chi connectivity index (χ4v) is 1.78. The van der Waals surface area contributed by atoms with Gasteiger partial charge in [-0.1, -0.05) is 0 Å². The number of alkyl halides is 4. The predicted molar refractivity (Wildman–Crippen MR) is 58.5 cm³/mol. The van der Waals surface area contributed by atoms with Crippen molar-refractivity contribution in [3.05, 3.63) is 0 Å². The topological polar surface area (TPSA) is 38.8 Å². The van der Waals surface area contributed by atoms with Crippen LogP contribution in [0.5, 0.6) is 0 Å². The summed E-state index contributed by atoms with van der Waals surface area (Å²) >= 11 is 5.62. The SMILES string of the molecule is CC1COC(CCl)CN1C(=O)COCC(F)(F)F. The van der Waals surface area contributed by atoms with Crippen LogP contribution in [-0.4, -0.2) is 61.4 Å². The number of carbonyl (C=O) groups is 1. The van der Waals surface area contributed by atoms with E-state index in [9.17, 15) is 18.0 Å². The van der Waals surface area contributed by atoms with E-state index in [0.717, 1.165) is 0 Å². The van der Waals surface area contributed by atoms with Crippen molar-refractivity contribution in [3.63, 3.8) is 0 Å². The second-order valence-electron chi connectivity index (χ2n) is 4.11. The van der Waals surface area contributed by atoms with Gasteiger partial charge in [0.05, 0.1) is 24.6 Å². The van der Waals surface area contributed by atoms with Gasteiger partial charge in [0.25, 0.3) is 0 Å². The molecule has 18 heavy (non-hydrogen) atoms. The number of nitrogens with zero attached hydrogens (tertiary/aromatic N) is 1. The summed E-state index contributed by atoms with van der Waals surface area (Å²) in [5.74, 6) is -0.245. The molecule has 2 unspecified atom stereocenters. The highest BCUT2D eigenvalue weighted by Gasteiger charge is 2.31. The minimum absolute atomic E-state index is 0.188. The molecule has 8 heteroatoms. The molecule has 1 heterocycles. The lowest BCUT2D eigenvalue weighted by Gasteiger charge is -2.37. The maximum Gasteiger partial charge on any atom is 0.411 e.